The van der Waals surface area contributed by atoms with Gasteiger partial charge in [-0.15, -0.1) is 0 Å². The Labute approximate surface area is 152 Å². The number of halogens is 1. The van der Waals surface area contributed by atoms with E-state index in [4.69, 9.17) is 0 Å². The Balaban J connectivity index is 1.93. The molecular weight excluding hydrogens is 384 g/mol. The fraction of sp³-hybridized carbons (Fsp3) is 0. The molecule has 0 saturated carbocycles. The number of aldehydes is 1. The minimum absolute atomic E-state index is 0.384. The lowest BCUT2D eigenvalue weighted by Gasteiger charge is -2.10. The Morgan fingerprint density at radius 2 is 1.96 bits per heavy atom. The highest BCUT2D eigenvalue weighted by Crippen LogP contribution is 2.26. The number of nitrogens with zero attached hydrogens (tertiary/aromatic N) is 2. The molecule has 0 saturated heterocycles. The van der Waals surface area contributed by atoms with E-state index < -0.39 is 0 Å². The first-order valence-electron chi connectivity index (χ1n) is 7.36. The summed E-state index contributed by atoms with van der Waals surface area (Å²) in [6, 6.07) is 13.0. The van der Waals surface area contributed by atoms with E-state index in [2.05, 4.69) is 36.5 Å². The first-order valence-corrected chi connectivity index (χ1v) is 8.15. The van der Waals surface area contributed by atoms with E-state index in [0.29, 0.717) is 17.8 Å². The van der Waals surface area contributed by atoms with Crippen LogP contribution in [0.5, 0.6) is 0 Å². The number of benzene rings is 2. The van der Waals surface area contributed by atoms with E-state index in [9.17, 15) is 9.59 Å². The van der Waals surface area contributed by atoms with Gasteiger partial charge in [0.15, 0.2) is 0 Å². The first-order chi connectivity index (χ1) is 12.2. The zero-order valence-corrected chi connectivity index (χ0v) is 14.5. The van der Waals surface area contributed by atoms with Crippen molar-refractivity contribution in [3.05, 3.63) is 65.4 Å². The number of aromatic nitrogens is 2. The number of rotatable bonds is 5. The molecule has 0 aliphatic carbocycles. The largest absolute Gasteiger partial charge is 0.340 e. The van der Waals surface area contributed by atoms with Crippen molar-refractivity contribution in [2.75, 3.05) is 10.6 Å². The third-order valence-corrected chi connectivity index (χ3v) is 3.81. The molecule has 3 aromatic rings. The van der Waals surface area contributed by atoms with Crippen LogP contribution in [0.2, 0.25) is 0 Å². The van der Waals surface area contributed by atoms with Gasteiger partial charge in [0.1, 0.15) is 18.4 Å². The van der Waals surface area contributed by atoms with Gasteiger partial charge in [-0.1, -0.05) is 22.0 Å². The summed E-state index contributed by atoms with van der Waals surface area (Å²) in [5.74, 6) is 0.243. The Morgan fingerprint density at radius 3 is 2.76 bits per heavy atom. The highest BCUT2D eigenvalue weighted by molar-refractivity contribution is 9.10. The van der Waals surface area contributed by atoms with Crippen LogP contribution < -0.4 is 10.6 Å². The summed E-state index contributed by atoms with van der Waals surface area (Å²) in [5, 5.41) is 6.71. The van der Waals surface area contributed by atoms with E-state index >= 15 is 0 Å². The Kier molecular flexibility index (Phi) is 5.15. The molecule has 0 fully saturated rings. The number of nitrogens with one attached hydrogen (secondary N) is 2. The number of anilines is 3. The van der Waals surface area contributed by atoms with E-state index in [-0.39, 0.29) is 5.91 Å². The van der Waals surface area contributed by atoms with Crippen molar-refractivity contribution in [1.29, 1.82) is 0 Å². The van der Waals surface area contributed by atoms with Gasteiger partial charge >= 0.3 is 0 Å². The van der Waals surface area contributed by atoms with Crippen molar-refractivity contribution in [1.82, 2.24) is 9.97 Å². The summed E-state index contributed by atoms with van der Waals surface area (Å²) in [4.78, 5) is 30.5. The fourth-order valence-electron chi connectivity index (χ4n) is 2.25. The van der Waals surface area contributed by atoms with Crippen LogP contribution in [0, 0.1) is 0 Å². The highest BCUT2D eigenvalue weighted by atomic mass is 79.9. The maximum atomic E-state index is 11.7. The SMILES string of the molecule is O=C/C=C/C(=O)Nc1ccc2ncnc(Nc3cccc(Br)c3)c2c1. The minimum atomic E-state index is -0.384. The summed E-state index contributed by atoms with van der Waals surface area (Å²) in [6.07, 6.45) is 4.33. The lowest BCUT2D eigenvalue weighted by molar-refractivity contribution is -0.112. The zero-order chi connectivity index (χ0) is 17.6. The predicted octanol–water partition coefficient (Wildman–Crippen LogP) is 3.83. The second-order valence-electron chi connectivity index (χ2n) is 5.07. The van der Waals surface area contributed by atoms with Crippen LogP contribution in [0.1, 0.15) is 0 Å². The van der Waals surface area contributed by atoms with Crippen LogP contribution in [-0.2, 0) is 9.59 Å². The number of allylic oxidation sites excluding steroid dienone is 1. The average Bonchev–Trinajstić information content (AvgIpc) is 2.60. The van der Waals surface area contributed by atoms with Gasteiger partial charge in [-0.25, -0.2) is 9.97 Å². The Bertz CT molecular complexity index is 972. The van der Waals surface area contributed by atoms with Gasteiger partial charge < -0.3 is 10.6 Å². The monoisotopic (exact) mass is 396 g/mol. The molecule has 2 N–H and O–H groups in total. The van der Waals surface area contributed by atoms with Gasteiger partial charge in [-0.05, 0) is 42.5 Å². The van der Waals surface area contributed by atoms with Crippen molar-refractivity contribution in [3.8, 4) is 0 Å². The van der Waals surface area contributed by atoms with E-state index in [1.54, 1.807) is 18.2 Å². The van der Waals surface area contributed by atoms with Gasteiger partial charge in [0, 0.05) is 27.3 Å². The van der Waals surface area contributed by atoms with Gasteiger partial charge in [0.25, 0.3) is 0 Å². The van der Waals surface area contributed by atoms with Gasteiger partial charge in [-0.2, -0.15) is 0 Å². The molecule has 7 heteroatoms. The molecule has 0 radical (unpaired) electrons. The third-order valence-electron chi connectivity index (χ3n) is 3.32. The van der Waals surface area contributed by atoms with Crippen LogP contribution in [0.4, 0.5) is 17.2 Å². The molecule has 0 bridgehead atoms. The molecule has 6 nitrogen and oxygen atoms in total. The predicted molar refractivity (Wildman–Crippen MR) is 101 cm³/mol. The van der Waals surface area contributed by atoms with Gasteiger partial charge in [-0.3, -0.25) is 9.59 Å². The number of hydrogen-bond acceptors (Lipinski definition) is 5. The Morgan fingerprint density at radius 1 is 1.08 bits per heavy atom. The normalized spacial score (nSPS) is 10.8. The van der Waals surface area contributed by atoms with Crippen molar-refractivity contribution >= 4 is 56.2 Å². The highest BCUT2D eigenvalue weighted by Gasteiger charge is 2.07. The zero-order valence-electron chi connectivity index (χ0n) is 12.9. The number of carbonyl (C=O) groups excluding carboxylic acids is 2. The topological polar surface area (TPSA) is 84.0 Å². The van der Waals surface area contributed by atoms with E-state index in [0.717, 1.165) is 27.1 Å². The maximum absolute atomic E-state index is 11.7. The second-order valence-corrected chi connectivity index (χ2v) is 5.99. The van der Waals surface area contributed by atoms with Gasteiger partial charge in [0.2, 0.25) is 5.91 Å². The molecule has 0 atom stereocenters. The molecule has 0 unspecified atom stereocenters. The minimum Gasteiger partial charge on any atom is -0.340 e. The number of fused-ring (bicyclic) bond motifs is 1. The lowest BCUT2D eigenvalue weighted by Crippen LogP contribution is -2.08. The fourth-order valence-corrected chi connectivity index (χ4v) is 2.65. The summed E-state index contributed by atoms with van der Waals surface area (Å²) in [5.41, 5.74) is 2.20. The molecule has 2 aromatic carbocycles. The van der Waals surface area contributed by atoms with Gasteiger partial charge in [0.05, 0.1) is 5.52 Å². The summed E-state index contributed by atoms with van der Waals surface area (Å²) < 4.78 is 0.950. The maximum Gasteiger partial charge on any atom is 0.248 e. The smallest absolute Gasteiger partial charge is 0.248 e. The first kappa shape index (κ1) is 16.8. The molecule has 25 heavy (non-hydrogen) atoms. The lowest BCUT2D eigenvalue weighted by atomic mass is 10.2. The van der Waals surface area contributed by atoms with E-state index in [1.165, 1.54) is 12.4 Å². The summed E-state index contributed by atoms with van der Waals surface area (Å²) in [6.45, 7) is 0. The summed E-state index contributed by atoms with van der Waals surface area (Å²) >= 11 is 3.43. The van der Waals surface area contributed by atoms with Crippen molar-refractivity contribution in [2.45, 2.75) is 0 Å². The van der Waals surface area contributed by atoms with Crippen LogP contribution in [0.15, 0.2) is 65.4 Å². The van der Waals surface area contributed by atoms with Crippen molar-refractivity contribution in [2.24, 2.45) is 0 Å². The number of hydrogen-bond donors (Lipinski definition) is 2. The molecule has 0 aliphatic heterocycles. The number of carbonyl (C=O) groups is 2. The van der Waals surface area contributed by atoms with Crippen LogP contribution in [-0.4, -0.2) is 22.2 Å². The van der Waals surface area contributed by atoms with Crippen LogP contribution in [0.25, 0.3) is 10.9 Å². The molecule has 1 amide bonds. The van der Waals surface area contributed by atoms with Crippen LogP contribution in [0.3, 0.4) is 0 Å². The van der Waals surface area contributed by atoms with Crippen molar-refractivity contribution in [3.63, 3.8) is 0 Å². The quantitative estimate of drug-likeness (QED) is 0.505. The standard InChI is InChI=1S/C18H13BrN4O2/c19-12-3-1-4-13(9-12)23-18-15-10-14(22-17(25)5-2-8-24)6-7-16(15)20-11-21-18/h1-11H,(H,22,25)(H,20,21,23)/b5-2+. The molecule has 3 rings (SSSR count). The summed E-state index contributed by atoms with van der Waals surface area (Å²) in [7, 11) is 0. The third kappa shape index (κ3) is 4.27. The van der Waals surface area contributed by atoms with Crippen molar-refractivity contribution < 1.29 is 9.59 Å². The average molecular weight is 397 g/mol. The van der Waals surface area contributed by atoms with E-state index in [1.807, 2.05) is 24.3 Å². The second kappa shape index (κ2) is 7.67. The molecule has 1 aromatic heterocycles. The Hall–Kier alpha value is -3.06. The molecule has 124 valence electrons. The molecular formula is C18H13BrN4O2. The molecule has 0 spiro atoms. The molecule has 1 heterocycles. The number of amides is 1. The van der Waals surface area contributed by atoms with Crippen LogP contribution >= 0.6 is 15.9 Å². The molecule has 0 aliphatic rings.